The molecule has 1 heterocycles. The fourth-order valence-corrected chi connectivity index (χ4v) is 2.07. The molecule has 1 saturated heterocycles. The van der Waals surface area contributed by atoms with Gasteiger partial charge in [0.05, 0.1) is 6.61 Å². The molecule has 1 fully saturated rings. The fourth-order valence-electron chi connectivity index (χ4n) is 1.97. The van der Waals surface area contributed by atoms with Crippen molar-refractivity contribution < 1.29 is 14.3 Å². The minimum atomic E-state index is -0.763. The third-order valence-corrected chi connectivity index (χ3v) is 2.83. The Kier molecular flexibility index (Phi) is 3.80. The molecular weight excluding hydrogens is 228 g/mol. The molecule has 3 nitrogen and oxygen atoms in total. The van der Waals surface area contributed by atoms with Crippen molar-refractivity contribution in [3.63, 3.8) is 0 Å². The second-order valence-electron chi connectivity index (χ2n) is 3.81. The Bertz CT molecular complexity index is 347. The normalized spacial score (nSPS) is 21.7. The van der Waals surface area contributed by atoms with Crippen LogP contribution in [0.3, 0.4) is 0 Å². The van der Waals surface area contributed by atoms with Crippen LogP contribution in [0, 0.1) is 5.92 Å². The van der Waals surface area contributed by atoms with E-state index in [4.69, 9.17) is 21.1 Å². The lowest BCUT2D eigenvalue weighted by Crippen LogP contribution is -2.17. The fraction of sp³-hybridized carbons (Fsp3) is 0.417. The van der Waals surface area contributed by atoms with Gasteiger partial charge in [-0.25, -0.2) is 4.79 Å². The van der Waals surface area contributed by atoms with Gasteiger partial charge in [-0.2, -0.15) is 0 Å². The summed E-state index contributed by atoms with van der Waals surface area (Å²) in [6.07, 6.45) is 0.595. The van der Waals surface area contributed by atoms with Crippen LogP contribution in [0.1, 0.15) is 18.1 Å². The lowest BCUT2D eigenvalue weighted by molar-refractivity contribution is 0.0710. The van der Waals surface area contributed by atoms with Gasteiger partial charge in [0.15, 0.2) is 0 Å². The van der Waals surface area contributed by atoms with Crippen LogP contribution in [-0.2, 0) is 9.47 Å². The van der Waals surface area contributed by atoms with Crippen LogP contribution in [0.2, 0.25) is 0 Å². The second-order valence-corrected chi connectivity index (χ2v) is 4.12. The lowest BCUT2D eigenvalue weighted by Gasteiger charge is -2.21. The summed E-state index contributed by atoms with van der Waals surface area (Å²) in [4.78, 5) is 10.9. The van der Waals surface area contributed by atoms with Gasteiger partial charge in [0.1, 0.15) is 6.10 Å². The van der Waals surface area contributed by atoms with Crippen molar-refractivity contribution in [2.45, 2.75) is 12.5 Å². The zero-order chi connectivity index (χ0) is 11.4. The monoisotopic (exact) mass is 240 g/mol. The van der Waals surface area contributed by atoms with Gasteiger partial charge in [0.25, 0.3) is 0 Å². The molecule has 2 atom stereocenters. The lowest BCUT2D eigenvalue weighted by atomic mass is 9.95. The Morgan fingerprint density at radius 3 is 2.75 bits per heavy atom. The van der Waals surface area contributed by atoms with Crippen LogP contribution in [0.25, 0.3) is 0 Å². The van der Waals surface area contributed by atoms with Crippen LogP contribution in [0.5, 0.6) is 0 Å². The number of carbonyl (C=O) groups is 1. The largest absolute Gasteiger partial charge is 0.445 e. The molecule has 4 heteroatoms. The first kappa shape index (κ1) is 11.4. The van der Waals surface area contributed by atoms with Crippen LogP contribution < -0.4 is 0 Å². The maximum Gasteiger partial charge on any atom is 0.404 e. The zero-order valence-electron chi connectivity index (χ0n) is 8.77. The maximum absolute atomic E-state index is 10.9. The molecule has 1 aliphatic rings. The molecule has 0 radical (unpaired) electrons. The van der Waals surface area contributed by atoms with Crippen LogP contribution in [0.4, 0.5) is 4.79 Å². The van der Waals surface area contributed by atoms with Gasteiger partial charge in [-0.3, -0.25) is 0 Å². The Balaban J connectivity index is 2.16. The highest BCUT2D eigenvalue weighted by molar-refractivity contribution is 6.61. The Labute approximate surface area is 99.3 Å². The van der Waals surface area contributed by atoms with Crippen molar-refractivity contribution in [3.05, 3.63) is 35.9 Å². The molecule has 0 amide bonds. The average molecular weight is 241 g/mol. The van der Waals surface area contributed by atoms with Crippen molar-refractivity contribution in [1.29, 1.82) is 0 Å². The smallest absolute Gasteiger partial charge is 0.404 e. The second kappa shape index (κ2) is 5.32. The van der Waals surface area contributed by atoms with Gasteiger partial charge in [0, 0.05) is 24.1 Å². The van der Waals surface area contributed by atoms with Crippen molar-refractivity contribution >= 4 is 17.0 Å². The highest BCUT2D eigenvalue weighted by atomic mass is 35.5. The summed E-state index contributed by atoms with van der Waals surface area (Å²) >= 11 is 5.30. The summed E-state index contributed by atoms with van der Waals surface area (Å²) < 4.78 is 10.5. The van der Waals surface area contributed by atoms with E-state index in [1.54, 1.807) is 0 Å². The van der Waals surface area contributed by atoms with Gasteiger partial charge < -0.3 is 9.47 Å². The minimum absolute atomic E-state index is 0.199. The predicted octanol–water partition coefficient (Wildman–Crippen LogP) is 3.14. The van der Waals surface area contributed by atoms with Crippen LogP contribution in [0.15, 0.2) is 30.3 Å². The molecule has 16 heavy (non-hydrogen) atoms. The number of halogens is 1. The van der Waals surface area contributed by atoms with Gasteiger partial charge in [-0.1, -0.05) is 30.3 Å². The van der Waals surface area contributed by atoms with Crippen LogP contribution >= 0.6 is 11.6 Å². The van der Waals surface area contributed by atoms with E-state index < -0.39 is 5.43 Å². The summed E-state index contributed by atoms with van der Waals surface area (Å²) in [7, 11) is 0. The van der Waals surface area contributed by atoms with Gasteiger partial charge in [-0.05, 0) is 12.0 Å². The molecular formula is C12H13ClO3. The number of carbonyl (C=O) groups excluding carboxylic acids is 1. The number of hydrogen-bond acceptors (Lipinski definition) is 3. The molecule has 2 unspecified atom stereocenters. The topological polar surface area (TPSA) is 35.5 Å². The third kappa shape index (κ3) is 2.74. The van der Waals surface area contributed by atoms with E-state index in [1.165, 1.54) is 0 Å². The summed E-state index contributed by atoms with van der Waals surface area (Å²) in [6.45, 7) is 1.33. The Morgan fingerprint density at radius 2 is 2.19 bits per heavy atom. The van der Waals surface area contributed by atoms with E-state index in [-0.39, 0.29) is 12.0 Å². The van der Waals surface area contributed by atoms with E-state index in [2.05, 4.69) is 0 Å². The summed E-state index contributed by atoms with van der Waals surface area (Å²) in [5.74, 6) is 0.199. The van der Waals surface area contributed by atoms with Crippen LogP contribution in [-0.4, -0.2) is 18.6 Å². The molecule has 0 N–H and O–H groups in total. The first-order valence-corrected chi connectivity index (χ1v) is 5.64. The van der Waals surface area contributed by atoms with Crippen molar-refractivity contribution in [3.8, 4) is 0 Å². The SMILES string of the molecule is O=C(Cl)OC(c1ccccc1)C1CCOC1. The molecule has 2 rings (SSSR count). The number of ether oxygens (including phenoxy) is 2. The first-order valence-electron chi connectivity index (χ1n) is 5.26. The van der Waals surface area contributed by atoms with E-state index in [0.717, 1.165) is 12.0 Å². The zero-order valence-corrected chi connectivity index (χ0v) is 9.52. The summed E-state index contributed by atoms with van der Waals surface area (Å²) in [6, 6.07) is 9.63. The molecule has 86 valence electrons. The standard InChI is InChI=1S/C12H13ClO3/c13-12(14)16-11(10-6-7-15-8-10)9-4-2-1-3-5-9/h1-5,10-11H,6-8H2. The molecule has 1 aliphatic heterocycles. The van der Waals surface area contributed by atoms with Gasteiger partial charge in [-0.15, -0.1) is 0 Å². The molecule has 0 aromatic heterocycles. The summed E-state index contributed by atoms with van der Waals surface area (Å²) in [5.41, 5.74) is 0.202. The van der Waals surface area contributed by atoms with E-state index in [0.29, 0.717) is 13.2 Å². The highest BCUT2D eigenvalue weighted by Crippen LogP contribution is 2.32. The molecule has 0 bridgehead atoms. The maximum atomic E-state index is 10.9. The van der Waals surface area contributed by atoms with E-state index in [1.807, 2.05) is 30.3 Å². The van der Waals surface area contributed by atoms with Crippen molar-refractivity contribution in [2.24, 2.45) is 5.92 Å². The van der Waals surface area contributed by atoms with Crippen molar-refractivity contribution in [1.82, 2.24) is 0 Å². The van der Waals surface area contributed by atoms with Crippen molar-refractivity contribution in [2.75, 3.05) is 13.2 Å². The Morgan fingerprint density at radius 1 is 1.44 bits per heavy atom. The number of benzene rings is 1. The number of hydrogen-bond donors (Lipinski definition) is 0. The average Bonchev–Trinajstić information content (AvgIpc) is 2.80. The first-order chi connectivity index (χ1) is 7.77. The Hall–Kier alpha value is -1.06. The molecule has 0 saturated carbocycles. The molecule has 0 spiro atoms. The molecule has 0 aliphatic carbocycles. The minimum Gasteiger partial charge on any atom is -0.445 e. The quantitative estimate of drug-likeness (QED) is 0.762. The van der Waals surface area contributed by atoms with E-state index >= 15 is 0 Å². The van der Waals surface area contributed by atoms with E-state index in [9.17, 15) is 4.79 Å². The number of rotatable bonds is 3. The highest BCUT2D eigenvalue weighted by Gasteiger charge is 2.29. The predicted molar refractivity (Wildman–Crippen MR) is 60.4 cm³/mol. The van der Waals surface area contributed by atoms with Gasteiger partial charge >= 0.3 is 5.43 Å². The van der Waals surface area contributed by atoms with Gasteiger partial charge in [0.2, 0.25) is 0 Å². The molecule has 1 aromatic rings. The third-order valence-electron chi connectivity index (χ3n) is 2.74. The molecule has 1 aromatic carbocycles. The summed E-state index contributed by atoms with van der Waals surface area (Å²) in [5, 5.41) is 0.